The summed E-state index contributed by atoms with van der Waals surface area (Å²) in [5.74, 6) is 0. The molecule has 0 spiro atoms. The number of thiophene rings is 1. The molecule has 0 fully saturated rings. The average Bonchev–Trinajstić information content (AvgIpc) is 3.17. The number of hydrogen-bond acceptors (Lipinski definition) is 5. The molecule has 22 heavy (non-hydrogen) atoms. The van der Waals surface area contributed by atoms with Crippen LogP contribution in [0, 0.1) is 0 Å². The predicted molar refractivity (Wildman–Crippen MR) is 91.0 cm³/mol. The molecule has 0 unspecified atom stereocenters. The van der Waals surface area contributed by atoms with Crippen molar-refractivity contribution in [2.75, 3.05) is 11.6 Å². The van der Waals surface area contributed by atoms with E-state index < -0.39 is 0 Å². The largest absolute Gasteiger partial charge is 0.334 e. The fourth-order valence-corrected chi connectivity index (χ4v) is 4.10. The molecule has 110 valence electrons. The van der Waals surface area contributed by atoms with Gasteiger partial charge >= 0.3 is 0 Å². The summed E-state index contributed by atoms with van der Waals surface area (Å²) >= 11 is 3.10. The number of hydrogen-bond donors (Lipinski definition) is 0. The molecule has 1 aliphatic rings. The van der Waals surface area contributed by atoms with Crippen molar-refractivity contribution in [3.63, 3.8) is 0 Å². The zero-order valence-corrected chi connectivity index (χ0v) is 13.3. The second-order valence-corrected chi connectivity index (χ2v) is 6.95. The third-order valence-corrected chi connectivity index (χ3v) is 5.38. The van der Waals surface area contributed by atoms with Gasteiger partial charge in [0, 0.05) is 10.6 Å². The fraction of sp³-hybridized carbons (Fsp3) is 0.125. The van der Waals surface area contributed by atoms with E-state index in [1.54, 1.807) is 15.9 Å². The van der Waals surface area contributed by atoms with Crippen molar-refractivity contribution in [1.82, 2.24) is 4.57 Å². The minimum absolute atomic E-state index is 0.0396. The Labute approximate surface area is 134 Å². The lowest BCUT2D eigenvalue weighted by Gasteiger charge is -2.25. The van der Waals surface area contributed by atoms with Gasteiger partial charge in [0.15, 0.2) is 4.80 Å². The highest BCUT2D eigenvalue weighted by Gasteiger charge is 2.15. The molecule has 4 rings (SSSR count). The van der Waals surface area contributed by atoms with Gasteiger partial charge < -0.3 is 4.90 Å². The van der Waals surface area contributed by atoms with Crippen LogP contribution in [-0.2, 0) is 6.67 Å². The van der Waals surface area contributed by atoms with Crippen molar-refractivity contribution in [2.45, 2.75) is 6.67 Å². The van der Waals surface area contributed by atoms with E-state index in [0.29, 0.717) is 13.3 Å². The SMILES string of the molecule is O=c1/c(=C/c2cccs2)sc2n1CN(c1ccccc1)CN=2. The highest BCUT2D eigenvalue weighted by Crippen LogP contribution is 2.14. The van der Waals surface area contributed by atoms with E-state index in [2.05, 4.69) is 9.89 Å². The summed E-state index contributed by atoms with van der Waals surface area (Å²) in [7, 11) is 0. The normalized spacial score (nSPS) is 14.7. The Bertz CT molecular complexity index is 955. The van der Waals surface area contributed by atoms with Gasteiger partial charge in [0.1, 0.15) is 13.3 Å². The Hall–Kier alpha value is -2.18. The first-order valence-corrected chi connectivity index (χ1v) is 8.60. The molecule has 1 aromatic carbocycles. The number of para-hydroxylation sites is 1. The molecule has 6 heteroatoms. The Kier molecular flexibility index (Phi) is 3.40. The van der Waals surface area contributed by atoms with Gasteiger partial charge in [0.25, 0.3) is 5.56 Å². The predicted octanol–water partition coefficient (Wildman–Crippen LogP) is 1.85. The van der Waals surface area contributed by atoms with Crippen molar-refractivity contribution >= 4 is 34.4 Å². The lowest BCUT2D eigenvalue weighted by Crippen LogP contribution is -2.42. The summed E-state index contributed by atoms with van der Waals surface area (Å²) in [6.45, 7) is 1.14. The van der Waals surface area contributed by atoms with E-state index in [9.17, 15) is 4.79 Å². The van der Waals surface area contributed by atoms with Gasteiger partial charge in [0.05, 0.1) is 4.53 Å². The molecule has 3 heterocycles. The van der Waals surface area contributed by atoms with Gasteiger partial charge in [-0.15, -0.1) is 11.3 Å². The molecule has 0 radical (unpaired) electrons. The van der Waals surface area contributed by atoms with Crippen molar-refractivity contribution in [1.29, 1.82) is 0 Å². The van der Waals surface area contributed by atoms with Crippen LogP contribution >= 0.6 is 22.7 Å². The molecule has 0 atom stereocenters. The Morgan fingerprint density at radius 3 is 2.77 bits per heavy atom. The smallest absolute Gasteiger partial charge is 0.271 e. The van der Waals surface area contributed by atoms with Crippen LogP contribution < -0.4 is 19.8 Å². The Morgan fingerprint density at radius 1 is 1.14 bits per heavy atom. The van der Waals surface area contributed by atoms with E-state index in [-0.39, 0.29) is 5.56 Å². The maximum Gasteiger partial charge on any atom is 0.271 e. The van der Waals surface area contributed by atoms with E-state index in [1.807, 2.05) is 53.9 Å². The highest BCUT2D eigenvalue weighted by molar-refractivity contribution is 7.11. The maximum absolute atomic E-state index is 12.6. The minimum Gasteiger partial charge on any atom is -0.334 e. The zero-order valence-electron chi connectivity index (χ0n) is 11.7. The first-order valence-electron chi connectivity index (χ1n) is 6.90. The topological polar surface area (TPSA) is 37.6 Å². The Balaban J connectivity index is 1.75. The van der Waals surface area contributed by atoms with Crippen LogP contribution in [-0.4, -0.2) is 11.2 Å². The van der Waals surface area contributed by atoms with Gasteiger partial charge in [-0.05, 0) is 29.7 Å². The van der Waals surface area contributed by atoms with Crippen LogP contribution in [0.25, 0.3) is 6.08 Å². The summed E-state index contributed by atoms with van der Waals surface area (Å²) in [6.07, 6.45) is 1.95. The number of thiazole rings is 1. The molecule has 0 bridgehead atoms. The number of aromatic nitrogens is 1. The van der Waals surface area contributed by atoms with Crippen molar-refractivity contribution in [2.24, 2.45) is 4.99 Å². The molecule has 3 aromatic rings. The van der Waals surface area contributed by atoms with Gasteiger partial charge in [-0.2, -0.15) is 0 Å². The monoisotopic (exact) mass is 327 g/mol. The van der Waals surface area contributed by atoms with E-state index in [1.165, 1.54) is 11.3 Å². The molecule has 0 saturated heterocycles. The molecule has 0 aliphatic carbocycles. The molecule has 2 aromatic heterocycles. The summed E-state index contributed by atoms with van der Waals surface area (Å²) in [6, 6.07) is 14.1. The summed E-state index contributed by atoms with van der Waals surface area (Å²) in [4.78, 5) is 21.1. The lowest BCUT2D eigenvalue weighted by atomic mass is 10.3. The molecular formula is C16H13N3OS2. The van der Waals surface area contributed by atoms with Crippen molar-refractivity contribution in [3.8, 4) is 0 Å². The summed E-state index contributed by atoms with van der Waals surface area (Å²) in [5.41, 5.74) is 1.12. The standard InChI is InChI=1S/C16H13N3OS2/c20-15-14(9-13-7-4-8-21-13)22-16-17-10-18(11-19(15)16)12-5-2-1-3-6-12/h1-9H,10-11H2/b14-9-. The van der Waals surface area contributed by atoms with E-state index in [0.717, 1.165) is 19.9 Å². The van der Waals surface area contributed by atoms with Crippen LogP contribution in [0.15, 0.2) is 57.6 Å². The second-order valence-electron chi connectivity index (χ2n) is 4.96. The van der Waals surface area contributed by atoms with Crippen LogP contribution in [0.5, 0.6) is 0 Å². The van der Waals surface area contributed by atoms with E-state index >= 15 is 0 Å². The van der Waals surface area contributed by atoms with Crippen molar-refractivity contribution in [3.05, 3.63) is 72.4 Å². The quantitative estimate of drug-likeness (QED) is 0.720. The number of anilines is 1. The molecule has 1 aliphatic heterocycles. The second kappa shape index (κ2) is 5.55. The van der Waals surface area contributed by atoms with Crippen molar-refractivity contribution < 1.29 is 0 Å². The lowest BCUT2D eigenvalue weighted by molar-refractivity contribution is 0.569. The Morgan fingerprint density at radius 2 is 2.00 bits per heavy atom. The van der Waals surface area contributed by atoms with Gasteiger partial charge in [-0.1, -0.05) is 35.6 Å². The van der Waals surface area contributed by atoms with Crippen LogP contribution in [0.1, 0.15) is 4.88 Å². The van der Waals surface area contributed by atoms with Gasteiger partial charge in [0.2, 0.25) is 0 Å². The van der Waals surface area contributed by atoms with Gasteiger partial charge in [-0.3, -0.25) is 9.36 Å². The zero-order chi connectivity index (χ0) is 14.9. The maximum atomic E-state index is 12.6. The minimum atomic E-state index is 0.0396. The van der Waals surface area contributed by atoms with Crippen LogP contribution in [0.4, 0.5) is 5.69 Å². The number of benzene rings is 1. The first kappa shape index (κ1) is 13.5. The molecule has 0 saturated carbocycles. The third-order valence-electron chi connectivity index (χ3n) is 3.51. The van der Waals surface area contributed by atoms with Crippen LogP contribution in [0.2, 0.25) is 0 Å². The molecule has 0 N–H and O–H groups in total. The molecule has 0 amide bonds. The van der Waals surface area contributed by atoms with E-state index in [4.69, 9.17) is 0 Å². The summed E-state index contributed by atoms with van der Waals surface area (Å²) < 4.78 is 2.50. The molecule has 4 nitrogen and oxygen atoms in total. The number of nitrogens with zero attached hydrogens (tertiary/aromatic N) is 3. The number of rotatable bonds is 2. The summed E-state index contributed by atoms with van der Waals surface area (Å²) in [5, 5.41) is 2.01. The first-order chi connectivity index (χ1) is 10.8. The highest BCUT2D eigenvalue weighted by atomic mass is 32.1. The number of fused-ring (bicyclic) bond motifs is 1. The molecular weight excluding hydrogens is 314 g/mol. The average molecular weight is 327 g/mol. The third kappa shape index (κ3) is 2.40. The van der Waals surface area contributed by atoms with Gasteiger partial charge in [-0.25, -0.2) is 4.99 Å². The van der Waals surface area contributed by atoms with Crippen LogP contribution in [0.3, 0.4) is 0 Å². The fourth-order valence-electron chi connectivity index (χ4n) is 2.42.